The van der Waals surface area contributed by atoms with Crippen molar-refractivity contribution < 1.29 is 0 Å². The fraction of sp³-hybridized carbons (Fsp3) is 0.0682. The molecule has 0 saturated carbocycles. The minimum Gasteiger partial charge on any atom is -0.360 e. The highest BCUT2D eigenvalue weighted by Crippen LogP contribution is 2.53. The second kappa shape index (κ2) is 11.7. The maximum atomic E-state index is 5.31. The number of hydrogen-bond acceptors (Lipinski definition) is 4. The molecule has 0 bridgehead atoms. The SMILES string of the molecule is C1=CC2=Cc3c(n(-c4cccc(C5N=C(c6ccccc6)C=C(c6ccccc6)N5)c4)c4c5c(ccc34)Sc3ccccc3S5)CC2C=C1. The van der Waals surface area contributed by atoms with E-state index in [4.69, 9.17) is 4.99 Å². The summed E-state index contributed by atoms with van der Waals surface area (Å²) in [6.07, 6.45) is 14.3. The van der Waals surface area contributed by atoms with Crippen molar-refractivity contribution >= 4 is 51.9 Å². The van der Waals surface area contributed by atoms with E-state index in [0.717, 1.165) is 34.5 Å². The fourth-order valence-electron chi connectivity index (χ4n) is 7.47. The molecule has 0 fully saturated rings. The summed E-state index contributed by atoms with van der Waals surface area (Å²) in [6.45, 7) is 0. The molecular weight excluding hydrogens is 635 g/mol. The fourth-order valence-corrected chi connectivity index (χ4v) is 9.85. The number of hydrogen-bond donors (Lipinski definition) is 1. The van der Waals surface area contributed by atoms with E-state index in [1.54, 1.807) is 0 Å². The van der Waals surface area contributed by atoms with Gasteiger partial charge in [-0.1, -0.05) is 139 Å². The van der Waals surface area contributed by atoms with Crippen LogP contribution in [-0.2, 0) is 6.42 Å². The number of benzene rings is 5. The first-order valence-corrected chi connectivity index (χ1v) is 18.4. The summed E-state index contributed by atoms with van der Waals surface area (Å²) in [6, 6.07) is 43.6. The molecule has 0 radical (unpaired) electrons. The van der Waals surface area contributed by atoms with Crippen molar-refractivity contribution in [1.82, 2.24) is 9.88 Å². The average molecular weight is 666 g/mol. The van der Waals surface area contributed by atoms with Crippen LogP contribution in [0.5, 0.6) is 0 Å². The number of nitrogens with one attached hydrogen (secondary N) is 1. The van der Waals surface area contributed by atoms with E-state index in [9.17, 15) is 0 Å². The summed E-state index contributed by atoms with van der Waals surface area (Å²) in [7, 11) is 0. The number of aromatic nitrogens is 1. The predicted molar refractivity (Wildman–Crippen MR) is 205 cm³/mol. The van der Waals surface area contributed by atoms with Crippen LogP contribution in [0.1, 0.15) is 34.1 Å². The Morgan fingerprint density at radius 2 is 1.47 bits per heavy atom. The van der Waals surface area contributed by atoms with Crippen molar-refractivity contribution in [1.29, 1.82) is 0 Å². The van der Waals surface area contributed by atoms with Crippen LogP contribution in [-0.4, -0.2) is 10.3 Å². The van der Waals surface area contributed by atoms with Crippen LogP contribution in [0.25, 0.3) is 28.4 Å². The van der Waals surface area contributed by atoms with E-state index in [1.165, 1.54) is 53.0 Å². The largest absolute Gasteiger partial charge is 0.360 e. The average Bonchev–Trinajstić information content (AvgIpc) is 3.50. The van der Waals surface area contributed by atoms with E-state index in [-0.39, 0.29) is 6.17 Å². The van der Waals surface area contributed by atoms with Crippen LogP contribution in [0, 0.1) is 5.92 Å². The molecule has 3 heterocycles. The molecule has 3 nitrogen and oxygen atoms in total. The zero-order valence-corrected chi connectivity index (χ0v) is 28.2. The van der Waals surface area contributed by atoms with Gasteiger partial charge in [-0.3, -0.25) is 4.99 Å². The van der Waals surface area contributed by atoms with Gasteiger partial charge in [0.05, 0.1) is 16.1 Å². The number of aliphatic imine (C=N–C) groups is 1. The molecule has 10 rings (SSSR count). The summed E-state index contributed by atoms with van der Waals surface area (Å²) >= 11 is 3.79. The highest BCUT2D eigenvalue weighted by molar-refractivity contribution is 8.05. The van der Waals surface area contributed by atoms with E-state index < -0.39 is 0 Å². The molecule has 5 aromatic carbocycles. The Labute approximate surface area is 294 Å². The lowest BCUT2D eigenvalue weighted by atomic mass is 9.83. The van der Waals surface area contributed by atoms with Gasteiger partial charge in [-0.2, -0.15) is 0 Å². The van der Waals surface area contributed by atoms with Gasteiger partial charge in [0.1, 0.15) is 6.17 Å². The standard InChI is InChI=1S/C44H31N3S2/c1-3-12-28(13-4-1)36-27-37(29-14-5-2-6-15-29)46-44(45-36)32-18-11-19-33(24-32)47-38-26-31-17-8-7-16-30(31)25-35(38)34-22-23-41-43(42(34)47)49-40-21-10-9-20-39(40)48-41/h1-25,27,31,44-45H,26H2. The van der Waals surface area contributed by atoms with E-state index in [0.29, 0.717) is 5.92 Å². The normalized spacial score (nSPS) is 18.7. The molecule has 4 aliphatic rings. The molecule has 1 N–H and O–H groups in total. The molecule has 2 unspecified atom stereocenters. The van der Waals surface area contributed by atoms with E-state index >= 15 is 0 Å². The molecule has 2 aliphatic carbocycles. The Balaban J connectivity index is 1.15. The summed E-state index contributed by atoms with van der Waals surface area (Å²) in [5.41, 5.74) is 12.0. The van der Waals surface area contributed by atoms with Crippen molar-refractivity contribution in [3.63, 3.8) is 0 Å². The molecule has 1 aromatic heterocycles. The van der Waals surface area contributed by atoms with Gasteiger partial charge in [0.15, 0.2) is 0 Å². The Bertz CT molecular complexity index is 2450. The lowest BCUT2D eigenvalue weighted by molar-refractivity contribution is 0.663. The lowest BCUT2D eigenvalue weighted by Crippen LogP contribution is -2.25. The third-order valence-corrected chi connectivity index (χ3v) is 12.4. The van der Waals surface area contributed by atoms with Gasteiger partial charge in [-0.25, -0.2) is 0 Å². The van der Waals surface area contributed by atoms with Gasteiger partial charge in [0.25, 0.3) is 0 Å². The first-order chi connectivity index (χ1) is 24.3. The number of fused-ring (bicyclic) bond motifs is 7. The maximum absolute atomic E-state index is 5.31. The van der Waals surface area contributed by atoms with Crippen LogP contribution >= 0.6 is 23.5 Å². The molecule has 0 amide bonds. The third kappa shape index (κ3) is 4.96. The smallest absolute Gasteiger partial charge is 0.145 e. The predicted octanol–water partition coefficient (Wildman–Crippen LogP) is 11.1. The quantitative estimate of drug-likeness (QED) is 0.203. The first kappa shape index (κ1) is 28.8. The van der Waals surface area contributed by atoms with Crippen molar-refractivity contribution in [3.8, 4) is 5.69 Å². The summed E-state index contributed by atoms with van der Waals surface area (Å²) in [5.74, 6) is 0.374. The Kier molecular flexibility index (Phi) is 6.88. The Morgan fingerprint density at radius 1 is 0.694 bits per heavy atom. The van der Waals surface area contributed by atoms with Crippen molar-refractivity contribution in [2.45, 2.75) is 32.2 Å². The number of rotatable bonds is 4. The van der Waals surface area contributed by atoms with Crippen molar-refractivity contribution in [2.24, 2.45) is 10.9 Å². The zero-order chi connectivity index (χ0) is 32.3. The highest BCUT2D eigenvalue weighted by atomic mass is 32.2. The Hall–Kier alpha value is -5.23. The maximum Gasteiger partial charge on any atom is 0.145 e. The van der Waals surface area contributed by atoms with Crippen LogP contribution < -0.4 is 5.32 Å². The number of nitrogens with zero attached hydrogens (tertiary/aromatic N) is 2. The summed E-state index contributed by atoms with van der Waals surface area (Å²) in [4.78, 5) is 10.6. The zero-order valence-electron chi connectivity index (χ0n) is 26.6. The van der Waals surface area contributed by atoms with E-state index in [1.807, 2.05) is 23.5 Å². The molecule has 6 aromatic rings. The molecular formula is C44H31N3S2. The van der Waals surface area contributed by atoms with Gasteiger partial charge < -0.3 is 9.88 Å². The molecule has 2 aliphatic heterocycles. The minimum absolute atomic E-state index is 0.239. The van der Waals surface area contributed by atoms with Crippen LogP contribution in [0.2, 0.25) is 0 Å². The molecule has 0 saturated heterocycles. The van der Waals surface area contributed by atoms with Gasteiger partial charge in [-0.15, -0.1) is 0 Å². The van der Waals surface area contributed by atoms with Crippen molar-refractivity contribution in [3.05, 3.63) is 185 Å². The first-order valence-electron chi connectivity index (χ1n) is 16.8. The molecule has 49 heavy (non-hydrogen) atoms. The van der Waals surface area contributed by atoms with Crippen molar-refractivity contribution in [2.75, 3.05) is 0 Å². The highest BCUT2D eigenvalue weighted by Gasteiger charge is 2.30. The molecule has 234 valence electrons. The lowest BCUT2D eigenvalue weighted by Gasteiger charge is -2.26. The molecule has 5 heteroatoms. The summed E-state index contributed by atoms with van der Waals surface area (Å²) in [5, 5.41) is 5.10. The third-order valence-electron chi connectivity index (χ3n) is 9.81. The van der Waals surface area contributed by atoms with Gasteiger partial charge in [0, 0.05) is 48.6 Å². The second-order valence-electron chi connectivity index (χ2n) is 12.8. The van der Waals surface area contributed by atoms with Gasteiger partial charge >= 0.3 is 0 Å². The van der Waals surface area contributed by atoms with Crippen LogP contribution in [0.4, 0.5) is 0 Å². The summed E-state index contributed by atoms with van der Waals surface area (Å²) < 4.78 is 2.56. The minimum atomic E-state index is -0.239. The van der Waals surface area contributed by atoms with Gasteiger partial charge in [0.2, 0.25) is 0 Å². The monoisotopic (exact) mass is 665 g/mol. The topological polar surface area (TPSA) is 29.3 Å². The molecule has 2 atom stereocenters. The van der Waals surface area contributed by atoms with E-state index in [2.05, 4.69) is 168 Å². The number of allylic oxidation sites excluding steroid dienone is 6. The van der Waals surface area contributed by atoms with Crippen LogP contribution in [0.15, 0.2) is 182 Å². The van der Waals surface area contributed by atoms with Gasteiger partial charge in [-0.05, 0) is 71.2 Å². The molecule has 0 spiro atoms. The van der Waals surface area contributed by atoms with Crippen LogP contribution in [0.3, 0.4) is 0 Å². The Morgan fingerprint density at radius 3 is 2.31 bits per heavy atom. The second-order valence-corrected chi connectivity index (χ2v) is 14.9.